The van der Waals surface area contributed by atoms with Gasteiger partial charge in [-0.25, -0.2) is 0 Å². The quantitative estimate of drug-likeness (QED) is 0.694. The zero-order valence-corrected chi connectivity index (χ0v) is 8.48. The van der Waals surface area contributed by atoms with E-state index in [9.17, 15) is 4.79 Å². The maximum absolute atomic E-state index is 11.1. The Labute approximate surface area is 83.8 Å². The van der Waals surface area contributed by atoms with Crippen LogP contribution in [0.3, 0.4) is 0 Å². The first-order chi connectivity index (χ1) is 6.72. The molecule has 0 radical (unpaired) electrons. The second-order valence-electron chi connectivity index (χ2n) is 4.27. The highest BCUT2D eigenvalue weighted by atomic mass is 16.5. The molecule has 0 spiro atoms. The molecule has 2 aliphatic rings. The number of hydrogen-bond acceptors (Lipinski definition) is 3. The summed E-state index contributed by atoms with van der Waals surface area (Å²) in [5, 5.41) is 9.13. The molecule has 2 aliphatic heterocycles. The Bertz CT molecular complexity index is 217. The van der Waals surface area contributed by atoms with Crippen molar-refractivity contribution in [3.63, 3.8) is 0 Å². The highest BCUT2D eigenvalue weighted by Crippen LogP contribution is 2.33. The minimum atomic E-state index is -0.640. The fourth-order valence-electron chi connectivity index (χ4n) is 2.69. The average Bonchev–Trinajstić information content (AvgIpc) is 2.15. The van der Waals surface area contributed by atoms with E-state index in [1.807, 2.05) is 0 Å². The predicted molar refractivity (Wildman–Crippen MR) is 51.0 cm³/mol. The molecule has 2 heterocycles. The van der Waals surface area contributed by atoms with Crippen LogP contribution >= 0.6 is 0 Å². The third-order valence-electron chi connectivity index (χ3n) is 3.40. The van der Waals surface area contributed by atoms with Crippen molar-refractivity contribution in [1.29, 1.82) is 0 Å². The van der Waals surface area contributed by atoms with E-state index in [-0.39, 0.29) is 17.8 Å². The molecular formula is C10H17NO3. The van der Waals surface area contributed by atoms with Crippen LogP contribution in [0.2, 0.25) is 0 Å². The van der Waals surface area contributed by atoms with Gasteiger partial charge in [0, 0.05) is 24.9 Å². The van der Waals surface area contributed by atoms with E-state index in [2.05, 4.69) is 11.8 Å². The van der Waals surface area contributed by atoms with Crippen molar-refractivity contribution < 1.29 is 14.6 Å². The zero-order valence-electron chi connectivity index (χ0n) is 8.48. The van der Waals surface area contributed by atoms with Crippen molar-refractivity contribution in [1.82, 2.24) is 4.90 Å². The molecule has 0 aromatic heterocycles. The van der Waals surface area contributed by atoms with Crippen molar-refractivity contribution in [3.05, 3.63) is 0 Å². The van der Waals surface area contributed by atoms with Gasteiger partial charge in [0.25, 0.3) is 0 Å². The number of likely N-dealkylation sites (tertiary alicyclic amines) is 1. The Balaban J connectivity index is 2.11. The fraction of sp³-hybridized carbons (Fsp3) is 0.900. The van der Waals surface area contributed by atoms with Gasteiger partial charge in [0.2, 0.25) is 0 Å². The van der Waals surface area contributed by atoms with Crippen LogP contribution in [0.4, 0.5) is 0 Å². The highest BCUT2D eigenvalue weighted by Gasteiger charge is 2.43. The van der Waals surface area contributed by atoms with Crippen molar-refractivity contribution in [2.75, 3.05) is 32.8 Å². The lowest BCUT2D eigenvalue weighted by Gasteiger charge is -2.44. The number of carboxylic acid groups (broad SMARTS) is 1. The number of nitrogens with zero attached hydrogens (tertiary/aromatic N) is 1. The zero-order chi connectivity index (χ0) is 10.1. The first-order valence-corrected chi connectivity index (χ1v) is 5.25. The van der Waals surface area contributed by atoms with Gasteiger partial charge in [0.15, 0.2) is 0 Å². The molecule has 0 aromatic carbocycles. The van der Waals surface area contributed by atoms with E-state index in [4.69, 9.17) is 9.84 Å². The maximum Gasteiger partial charge on any atom is 0.307 e. The average molecular weight is 199 g/mol. The van der Waals surface area contributed by atoms with Gasteiger partial charge in [-0.05, 0) is 6.54 Å². The van der Waals surface area contributed by atoms with Crippen LogP contribution in [0.25, 0.3) is 0 Å². The number of piperidine rings is 1. The summed E-state index contributed by atoms with van der Waals surface area (Å²) in [7, 11) is 0. The molecule has 4 heteroatoms. The van der Waals surface area contributed by atoms with Gasteiger partial charge in [-0.1, -0.05) is 6.92 Å². The number of hydrogen-bond donors (Lipinski definition) is 1. The van der Waals surface area contributed by atoms with Crippen molar-refractivity contribution >= 4 is 5.97 Å². The van der Waals surface area contributed by atoms with Crippen LogP contribution in [0, 0.1) is 17.8 Å². The molecule has 1 N–H and O–H groups in total. The summed E-state index contributed by atoms with van der Waals surface area (Å²) >= 11 is 0. The molecule has 2 bridgehead atoms. The van der Waals surface area contributed by atoms with Crippen LogP contribution in [0.1, 0.15) is 6.92 Å². The second-order valence-corrected chi connectivity index (χ2v) is 4.27. The van der Waals surface area contributed by atoms with E-state index < -0.39 is 5.97 Å². The van der Waals surface area contributed by atoms with E-state index in [1.165, 1.54) is 0 Å². The summed E-state index contributed by atoms with van der Waals surface area (Å²) in [5.41, 5.74) is 0. The van der Waals surface area contributed by atoms with Crippen molar-refractivity contribution in [3.8, 4) is 0 Å². The molecule has 0 aromatic rings. The van der Waals surface area contributed by atoms with Crippen LogP contribution in [-0.2, 0) is 9.53 Å². The van der Waals surface area contributed by atoms with E-state index >= 15 is 0 Å². The molecule has 80 valence electrons. The molecule has 0 aliphatic carbocycles. The van der Waals surface area contributed by atoms with Gasteiger partial charge >= 0.3 is 5.97 Å². The lowest BCUT2D eigenvalue weighted by Crippen LogP contribution is -2.54. The van der Waals surface area contributed by atoms with Crippen LogP contribution in [0.15, 0.2) is 0 Å². The molecule has 2 fully saturated rings. The summed E-state index contributed by atoms with van der Waals surface area (Å²) in [6.07, 6.45) is 0. The molecule has 2 atom stereocenters. The topological polar surface area (TPSA) is 49.8 Å². The van der Waals surface area contributed by atoms with Gasteiger partial charge in [0.05, 0.1) is 19.1 Å². The SMILES string of the molecule is CCN1CC2COCC(C1)C2C(=O)O. The Morgan fingerprint density at radius 3 is 2.43 bits per heavy atom. The first-order valence-electron chi connectivity index (χ1n) is 5.25. The van der Waals surface area contributed by atoms with Gasteiger partial charge in [0.1, 0.15) is 0 Å². The Morgan fingerprint density at radius 2 is 2.00 bits per heavy atom. The van der Waals surface area contributed by atoms with Crippen LogP contribution in [0.5, 0.6) is 0 Å². The fourth-order valence-corrected chi connectivity index (χ4v) is 2.69. The van der Waals surface area contributed by atoms with Gasteiger partial charge in [-0.2, -0.15) is 0 Å². The second kappa shape index (κ2) is 3.87. The minimum Gasteiger partial charge on any atom is -0.481 e. The van der Waals surface area contributed by atoms with Crippen LogP contribution < -0.4 is 0 Å². The number of aliphatic carboxylic acids is 1. The molecular weight excluding hydrogens is 182 g/mol. The van der Waals surface area contributed by atoms with Gasteiger partial charge in [-0.3, -0.25) is 4.79 Å². The number of fused-ring (bicyclic) bond motifs is 2. The third-order valence-corrected chi connectivity index (χ3v) is 3.40. The number of carboxylic acids is 1. The third kappa shape index (κ3) is 1.64. The van der Waals surface area contributed by atoms with Gasteiger partial charge in [-0.15, -0.1) is 0 Å². The van der Waals surface area contributed by atoms with E-state index in [1.54, 1.807) is 0 Å². The normalized spacial score (nSPS) is 38.2. The summed E-state index contributed by atoms with van der Waals surface area (Å²) in [4.78, 5) is 13.4. The highest BCUT2D eigenvalue weighted by molar-refractivity contribution is 5.71. The number of rotatable bonds is 2. The van der Waals surface area contributed by atoms with Crippen molar-refractivity contribution in [2.24, 2.45) is 17.8 Å². The number of ether oxygens (including phenoxy) is 1. The monoisotopic (exact) mass is 199 g/mol. The molecule has 14 heavy (non-hydrogen) atoms. The Kier molecular flexibility index (Phi) is 2.74. The molecule has 0 saturated carbocycles. The summed E-state index contributed by atoms with van der Waals surface area (Å²) in [5.74, 6) is -0.425. The molecule has 2 rings (SSSR count). The van der Waals surface area contributed by atoms with E-state index in [0.717, 1.165) is 19.6 Å². The largest absolute Gasteiger partial charge is 0.481 e. The lowest BCUT2D eigenvalue weighted by molar-refractivity contribution is -0.160. The smallest absolute Gasteiger partial charge is 0.307 e. The predicted octanol–water partition coefficient (Wildman–Crippen LogP) is 0.285. The Hall–Kier alpha value is -0.610. The summed E-state index contributed by atoms with van der Waals surface area (Å²) in [6, 6.07) is 0. The molecule has 2 saturated heterocycles. The van der Waals surface area contributed by atoms with Crippen LogP contribution in [-0.4, -0.2) is 48.8 Å². The standard InChI is InChI=1S/C10H17NO3/c1-2-11-3-7-5-14-6-8(4-11)9(7)10(12)13/h7-9H,2-6H2,1H3,(H,12,13). The molecule has 4 nitrogen and oxygen atoms in total. The van der Waals surface area contributed by atoms with Gasteiger partial charge < -0.3 is 14.7 Å². The summed E-state index contributed by atoms with van der Waals surface area (Å²) < 4.78 is 5.42. The number of carbonyl (C=O) groups is 1. The maximum atomic E-state index is 11.1. The van der Waals surface area contributed by atoms with Crippen molar-refractivity contribution in [2.45, 2.75) is 6.92 Å². The molecule has 2 unspecified atom stereocenters. The lowest BCUT2D eigenvalue weighted by atomic mass is 9.76. The first kappa shape index (κ1) is 9.93. The molecule has 0 amide bonds. The Morgan fingerprint density at radius 1 is 1.43 bits per heavy atom. The van der Waals surface area contributed by atoms with E-state index in [0.29, 0.717) is 13.2 Å². The minimum absolute atomic E-state index is 0.174. The summed E-state index contributed by atoms with van der Waals surface area (Å²) in [6.45, 7) is 6.12.